The van der Waals surface area contributed by atoms with Crippen molar-refractivity contribution in [1.29, 1.82) is 0 Å². The number of allylic oxidation sites excluding steroid dienone is 2. The molecule has 3 aromatic carbocycles. The summed E-state index contributed by atoms with van der Waals surface area (Å²) in [4.78, 5) is 15.2. The van der Waals surface area contributed by atoms with E-state index in [0.717, 1.165) is 33.2 Å². The van der Waals surface area contributed by atoms with Crippen molar-refractivity contribution in [2.24, 2.45) is 0 Å². The molecule has 1 aliphatic carbocycles. The van der Waals surface area contributed by atoms with E-state index >= 15 is 0 Å². The van der Waals surface area contributed by atoms with Crippen LogP contribution in [0.25, 0.3) is 44.0 Å². The van der Waals surface area contributed by atoms with E-state index in [2.05, 4.69) is 104 Å². The summed E-state index contributed by atoms with van der Waals surface area (Å²) in [6, 6.07) is 18.9. The molecule has 1 aliphatic rings. The molecule has 0 saturated heterocycles. The number of aromatic nitrogens is 1. The van der Waals surface area contributed by atoms with E-state index in [1.165, 1.54) is 59.7 Å². The monoisotopic (exact) mass is 781 g/mol. The first-order chi connectivity index (χ1) is 20.4. The van der Waals surface area contributed by atoms with Gasteiger partial charge in [0.25, 0.3) is 0 Å². The number of benzene rings is 3. The van der Waals surface area contributed by atoms with E-state index in [1.807, 2.05) is 6.20 Å². The third-order valence-electron chi connectivity index (χ3n) is 9.62. The summed E-state index contributed by atoms with van der Waals surface area (Å²) in [7, 11) is 0. The van der Waals surface area contributed by atoms with Gasteiger partial charge in [-0.25, -0.2) is 0 Å². The number of furan rings is 1. The molecule has 0 saturated carbocycles. The van der Waals surface area contributed by atoms with Crippen LogP contribution in [0.2, 0.25) is 0 Å². The van der Waals surface area contributed by atoms with Crippen LogP contribution in [0.4, 0.5) is 0 Å². The molecule has 0 amide bonds. The van der Waals surface area contributed by atoms with Gasteiger partial charge in [-0.1, -0.05) is 77.6 Å². The molecule has 0 atom stereocenters. The normalized spacial score (nSPS) is 16.0. The van der Waals surface area contributed by atoms with Gasteiger partial charge in [0, 0.05) is 48.3 Å². The van der Waals surface area contributed by atoms with Crippen molar-refractivity contribution in [3.05, 3.63) is 88.3 Å². The number of rotatable bonds is 2. The average Bonchev–Trinajstić information content (AvgIpc) is 3.33. The molecule has 2 aromatic heterocycles. The van der Waals surface area contributed by atoms with Crippen LogP contribution in [-0.2, 0) is 41.1 Å². The number of fused-ring (bicyclic) bond motifs is 5. The number of ketones is 1. The van der Waals surface area contributed by atoms with Crippen molar-refractivity contribution >= 4 is 38.5 Å². The number of aliphatic hydroxyl groups is 1. The number of hydrogen-bond acceptors (Lipinski definition) is 4. The Morgan fingerprint density at radius 1 is 0.956 bits per heavy atom. The fourth-order valence-electron chi connectivity index (χ4n) is 6.78. The van der Waals surface area contributed by atoms with Gasteiger partial charge in [0.15, 0.2) is 5.78 Å². The maximum Gasteiger partial charge on any atom is 0.158 e. The molecule has 0 unspecified atom stereocenters. The number of nitrogens with zero attached hydrogens (tertiary/aromatic N) is 1. The Bertz CT molecular complexity index is 1960. The standard InChI is InChI=1S/C34H36NO.C6H10O2.Ir/c1-20-28-24-13-16-35-30(22-17-21-11-9-10-12-23(21)25(18-22)32(2,3)4)31(24)36-27(28)19-26-29(20)34(7,8)15-14-33(26,5)6;1-4(5(2)7)6(3)8;/h9-13,16,18-19H,14-15H2,1-8H3;7H,1-3H3;/q-1;;/b;5-4-;. The molecular weight excluding hydrogens is 735 g/mol. The molecule has 45 heavy (non-hydrogen) atoms. The molecule has 1 radical (unpaired) electrons. The number of carbonyl (C=O) groups excluding carboxylic acids is 1. The molecule has 0 aliphatic heterocycles. The summed E-state index contributed by atoms with van der Waals surface area (Å²) in [6.07, 6.45) is 4.32. The topological polar surface area (TPSA) is 63.3 Å². The smallest absolute Gasteiger partial charge is 0.158 e. The van der Waals surface area contributed by atoms with Gasteiger partial charge in [0.2, 0.25) is 0 Å². The van der Waals surface area contributed by atoms with Crippen molar-refractivity contribution < 1.29 is 34.4 Å². The number of aryl methyl sites for hydroxylation is 1. The van der Waals surface area contributed by atoms with E-state index in [1.54, 1.807) is 6.92 Å². The van der Waals surface area contributed by atoms with Gasteiger partial charge < -0.3 is 9.52 Å². The molecule has 2 heterocycles. The van der Waals surface area contributed by atoms with Crippen molar-refractivity contribution in [2.45, 2.75) is 105 Å². The van der Waals surface area contributed by atoms with Gasteiger partial charge in [-0.3, -0.25) is 9.78 Å². The third-order valence-corrected chi connectivity index (χ3v) is 9.62. The van der Waals surface area contributed by atoms with Crippen LogP contribution in [0.3, 0.4) is 0 Å². The maximum absolute atomic E-state index is 10.4. The Labute approximate surface area is 281 Å². The van der Waals surface area contributed by atoms with Crippen LogP contribution >= 0.6 is 0 Å². The van der Waals surface area contributed by atoms with E-state index in [4.69, 9.17) is 14.5 Å². The molecule has 1 N–H and O–H groups in total. The van der Waals surface area contributed by atoms with Crippen LogP contribution < -0.4 is 0 Å². The first-order valence-electron chi connectivity index (χ1n) is 15.6. The number of carbonyl (C=O) groups is 1. The summed E-state index contributed by atoms with van der Waals surface area (Å²) in [5.74, 6) is 0.0301. The fourth-order valence-corrected chi connectivity index (χ4v) is 6.78. The number of hydrogen-bond donors (Lipinski definition) is 1. The summed E-state index contributed by atoms with van der Waals surface area (Å²) in [5.41, 5.74) is 10.0. The van der Waals surface area contributed by atoms with Crippen molar-refractivity contribution in [3.8, 4) is 11.3 Å². The maximum atomic E-state index is 10.4. The molecular formula is C40H46IrNO3-. The number of pyridine rings is 1. The van der Waals surface area contributed by atoms with E-state index in [9.17, 15) is 4.79 Å². The van der Waals surface area contributed by atoms with E-state index in [-0.39, 0.29) is 47.9 Å². The average molecular weight is 781 g/mol. The largest absolute Gasteiger partial charge is 0.512 e. The van der Waals surface area contributed by atoms with Crippen molar-refractivity contribution in [3.63, 3.8) is 0 Å². The third kappa shape index (κ3) is 6.27. The Hall–Kier alpha value is -3.27. The van der Waals surface area contributed by atoms with Crippen LogP contribution in [0, 0.1) is 13.0 Å². The SMILES string of the molecule is CC(=O)/C(C)=C(/C)O.Cc1c2c(cc3oc4c(-c5[c-]c6ccccc6c(C(C)(C)C)c5)nccc4c13)C(C)(C)CCC2(C)C.[Ir]. The minimum Gasteiger partial charge on any atom is -0.512 e. The van der Waals surface area contributed by atoms with Crippen molar-refractivity contribution in [2.75, 3.05) is 0 Å². The molecule has 0 spiro atoms. The summed E-state index contributed by atoms with van der Waals surface area (Å²) in [5, 5.41) is 13.4. The second-order valence-electron chi connectivity index (χ2n) is 14.9. The molecule has 5 aromatic rings. The predicted octanol–water partition coefficient (Wildman–Crippen LogP) is 11.0. The Morgan fingerprint density at radius 3 is 2.20 bits per heavy atom. The molecule has 239 valence electrons. The molecule has 6 rings (SSSR count). The Morgan fingerprint density at radius 2 is 1.60 bits per heavy atom. The molecule has 0 fully saturated rings. The summed E-state index contributed by atoms with van der Waals surface area (Å²) < 4.78 is 6.70. The van der Waals surface area contributed by atoms with Gasteiger partial charge in [-0.2, -0.15) is 0 Å². The molecule has 0 bridgehead atoms. The van der Waals surface area contributed by atoms with Gasteiger partial charge >= 0.3 is 0 Å². The fraction of sp³-hybridized carbons (Fsp3) is 0.400. The minimum absolute atomic E-state index is 0. The summed E-state index contributed by atoms with van der Waals surface area (Å²) in [6.45, 7) is 23.2. The zero-order valence-electron chi connectivity index (χ0n) is 28.6. The van der Waals surface area contributed by atoms with Gasteiger partial charge in [-0.05, 0) is 85.6 Å². The van der Waals surface area contributed by atoms with Crippen LogP contribution in [0.1, 0.15) is 104 Å². The van der Waals surface area contributed by atoms with Crippen molar-refractivity contribution in [1.82, 2.24) is 4.98 Å². The Balaban J connectivity index is 0.000000455. The Kier molecular flexibility index (Phi) is 9.34. The second kappa shape index (κ2) is 12.2. The minimum atomic E-state index is -0.0787. The zero-order chi connectivity index (χ0) is 32.4. The first-order valence-corrected chi connectivity index (χ1v) is 15.6. The number of Topliss-reactive ketones (excluding diaryl/α,β-unsaturated/α-hetero) is 1. The van der Waals surface area contributed by atoms with E-state index in [0.29, 0.717) is 5.57 Å². The quantitative estimate of drug-likeness (QED) is 0.110. The first kappa shape index (κ1) is 34.6. The van der Waals surface area contributed by atoms with E-state index < -0.39 is 0 Å². The summed E-state index contributed by atoms with van der Waals surface area (Å²) >= 11 is 0. The van der Waals surface area contributed by atoms with Crippen LogP contribution in [-0.4, -0.2) is 15.9 Å². The van der Waals surface area contributed by atoms with Gasteiger partial charge in [-0.15, -0.1) is 29.1 Å². The van der Waals surface area contributed by atoms with Crippen LogP contribution in [0.5, 0.6) is 0 Å². The predicted molar refractivity (Wildman–Crippen MR) is 184 cm³/mol. The zero-order valence-corrected chi connectivity index (χ0v) is 31.0. The molecule has 4 nitrogen and oxygen atoms in total. The number of aliphatic hydroxyl groups excluding tert-OH is 1. The van der Waals surface area contributed by atoms with Crippen LogP contribution in [0.15, 0.2) is 64.4 Å². The van der Waals surface area contributed by atoms with Gasteiger partial charge in [0.05, 0.1) is 5.76 Å². The second-order valence-corrected chi connectivity index (χ2v) is 14.9. The van der Waals surface area contributed by atoms with Gasteiger partial charge in [0.1, 0.15) is 11.2 Å². The molecule has 5 heteroatoms.